The van der Waals surface area contributed by atoms with E-state index in [0.717, 1.165) is 11.1 Å². The smallest absolute Gasteiger partial charge is 0.240 e. The zero-order chi connectivity index (χ0) is 19.3. The molecule has 0 heterocycles. The summed E-state index contributed by atoms with van der Waals surface area (Å²) in [7, 11) is -1.93. The first-order valence-electron chi connectivity index (χ1n) is 8.24. The van der Waals surface area contributed by atoms with Crippen LogP contribution in [0.15, 0.2) is 47.4 Å². The van der Waals surface area contributed by atoms with Crippen molar-refractivity contribution in [2.75, 3.05) is 13.6 Å². The Labute approximate surface area is 160 Å². The molecular formula is C19H23ClN2O3S. The first-order chi connectivity index (χ1) is 12.2. The molecule has 2 aromatic carbocycles. The Balaban J connectivity index is 1.88. The van der Waals surface area contributed by atoms with Crippen LogP contribution >= 0.6 is 11.6 Å². The molecule has 5 nitrogen and oxygen atoms in total. The number of hydrogen-bond acceptors (Lipinski definition) is 3. The molecule has 140 valence electrons. The van der Waals surface area contributed by atoms with Gasteiger partial charge in [0, 0.05) is 31.6 Å². The van der Waals surface area contributed by atoms with Crippen LogP contribution in [-0.4, -0.2) is 32.8 Å². The second-order valence-corrected chi connectivity index (χ2v) is 8.48. The third-order valence-electron chi connectivity index (χ3n) is 4.09. The van der Waals surface area contributed by atoms with Gasteiger partial charge in [0.05, 0.1) is 4.90 Å². The lowest BCUT2D eigenvalue weighted by molar-refractivity contribution is -0.130. The van der Waals surface area contributed by atoms with E-state index in [9.17, 15) is 13.2 Å². The maximum atomic E-state index is 12.3. The van der Waals surface area contributed by atoms with Gasteiger partial charge in [0.25, 0.3) is 0 Å². The topological polar surface area (TPSA) is 66.5 Å². The van der Waals surface area contributed by atoms with E-state index in [1.54, 1.807) is 11.9 Å². The van der Waals surface area contributed by atoms with E-state index in [2.05, 4.69) is 10.8 Å². The van der Waals surface area contributed by atoms with Crippen LogP contribution in [0.4, 0.5) is 0 Å². The Bertz CT molecular complexity index is 880. The molecule has 0 atom stereocenters. The largest absolute Gasteiger partial charge is 0.341 e. The Morgan fingerprint density at radius 3 is 2.38 bits per heavy atom. The molecule has 2 aromatic rings. The quantitative estimate of drug-likeness (QED) is 0.783. The van der Waals surface area contributed by atoms with Crippen LogP contribution in [0.3, 0.4) is 0 Å². The molecule has 7 heteroatoms. The SMILES string of the molecule is Cc1ccc(CN(C)C(=O)CCNS(=O)(=O)c2ccc(Cl)cc2)c(C)c1. The number of sulfonamides is 1. The number of nitrogens with one attached hydrogen (secondary N) is 1. The third-order valence-corrected chi connectivity index (χ3v) is 5.82. The highest BCUT2D eigenvalue weighted by atomic mass is 35.5. The number of nitrogens with zero attached hydrogens (tertiary/aromatic N) is 1. The standard InChI is InChI=1S/C19H23ClN2O3S/c1-14-4-5-16(15(2)12-14)13-22(3)19(23)10-11-21-26(24,25)18-8-6-17(20)7-9-18/h4-9,12,21H,10-11,13H2,1-3H3. The molecule has 0 aliphatic carbocycles. The molecule has 0 aliphatic rings. The number of halogens is 1. The van der Waals surface area contributed by atoms with E-state index >= 15 is 0 Å². The summed E-state index contributed by atoms with van der Waals surface area (Å²) in [5.41, 5.74) is 3.39. The fourth-order valence-electron chi connectivity index (χ4n) is 2.55. The van der Waals surface area contributed by atoms with E-state index in [0.29, 0.717) is 11.6 Å². The van der Waals surface area contributed by atoms with Gasteiger partial charge in [-0.2, -0.15) is 0 Å². The van der Waals surface area contributed by atoms with Crippen molar-refractivity contribution in [2.24, 2.45) is 0 Å². The van der Waals surface area contributed by atoms with E-state index in [-0.39, 0.29) is 23.8 Å². The molecule has 0 radical (unpaired) electrons. The predicted molar refractivity (Wildman–Crippen MR) is 104 cm³/mol. The van der Waals surface area contributed by atoms with Crippen LogP contribution < -0.4 is 4.72 Å². The van der Waals surface area contributed by atoms with Gasteiger partial charge in [-0.1, -0.05) is 35.4 Å². The van der Waals surface area contributed by atoms with Crippen molar-refractivity contribution in [2.45, 2.75) is 31.7 Å². The summed E-state index contributed by atoms with van der Waals surface area (Å²) in [5.74, 6) is -0.121. The number of carbonyl (C=O) groups excluding carboxylic acids is 1. The Morgan fingerprint density at radius 1 is 1.12 bits per heavy atom. The van der Waals surface area contributed by atoms with Crippen LogP contribution in [-0.2, 0) is 21.4 Å². The predicted octanol–water partition coefficient (Wildman–Crippen LogP) is 3.28. The molecule has 0 saturated carbocycles. The number of carbonyl (C=O) groups is 1. The maximum absolute atomic E-state index is 12.3. The monoisotopic (exact) mass is 394 g/mol. The first kappa shape index (κ1) is 20.4. The molecule has 26 heavy (non-hydrogen) atoms. The summed E-state index contributed by atoms with van der Waals surface area (Å²) in [5, 5.41) is 0.465. The highest BCUT2D eigenvalue weighted by Crippen LogP contribution is 2.14. The van der Waals surface area contributed by atoms with Gasteiger partial charge in [0.1, 0.15) is 0 Å². The molecule has 0 aromatic heterocycles. The number of amides is 1. The minimum atomic E-state index is -3.65. The second-order valence-electron chi connectivity index (χ2n) is 6.28. The van der Waals surface area contributed by atoms with Gasteiger partial charge in [-0.15, -0.1) is 0 Å². The van der Waals surface area contributed by atoms with E-state index in [4.69, 9.17) is 11.6 Å². The van der Waals surface area contributed by atoms with Crippen molar-refractivity contribution in [3.8, 4) is 0 Å². The van der Waals surface area contributed by atoms with Crippen LogP contribution in [0.1, 0.15) is 23.1 Å². The highest BCUT2D eigenvalue weighted by Gasteiger charge is 2.15. The fraction of sp³-hybridized carbons (Fsp3) is 0.316. The van der Waals surface area contributed by atoms with Crippen molar-refractivity contribution in [3.05, 3.63) is 64.2 Å². The van der Waals surface area contributed by atoms with Gasteiger partial charge in [0.15, 0.2) is 0 Å². The average molecular weight is 395 g/mol. The lowest BCUT2D eigenvalue weighted by atomic mass is 10.1. The zero-order valence-corrected chi connectivity index (χ0v) is 16.7. The Morgan fingerprint density at radius 2 is 1.77 bits per heavy atom. The average Bonchev–Trinajstić information content (AvgIpc) is 2.57. The van der Waals surface area contributed by atoms with Gasteiger partial charge < -0.3 is 4.90 Å². The molecule has 0 fully saturated rings. The molecule has 1 amide bonds. The summed E-state index contributed by atoms with van der Waals surface area (Å²) in [6.45, 7) is 4.58. The lowest BCUT2D eigenvalue weighted by Gasteiger charge is -2.19. The van der Waals surface area contributed by atoms with Crippen LogP contribution in [0.25, 0.3) is 0 Å². The Kier molecular flexibility index (Phi) is 6.81. The van der Waals surface area contributed by atoms with Crippen molar-refractivity contribution in [1.29, 1.82) is 0 Å². The number of hydrogen-bond donors (Lipinski definition) is 1. The minimum absolute atomic E-state index is 0.0427. The van der Waals surface area contributed by atoms with Gasteiger partial charge in [-0.05, 0) is 49.2 Å². The molecule has 0 aliphatic heterocycles. The van der Waals surface area contributed by atoms with Crippen molar-refractivity contribution in [1.82, 2.24) is 9.62 Å². The molecular weight excluding hydrogens is 372 g/mol. The lowest BCUT2D eigenvalue weighted by Crippen LogP contribution is -2.32. The molecule has 1 N–H and O–H groups in total. The summed E-state index contributed by atoms with van der Waals surface area (Å²) < 4.78 is 26.8. The van der Waals surface area contributed by atoms with Gasteiger partial charge in [-0.3, -0.25) is 4.79 Å². The zero-order valence-electron chi connectivity index (χ0n) is 15.1. The summed E-state index contributed by atoms with van der Waals surface area (Å²) in [4.78, 5) is 14.0. The van der Waals surface area contributed by atoms with Gasteiger partial charge in [0.2, 0.25) is 15.9 Å². The molecule has 0 unspecified atom stereocenters. The van der Waals surface area contributed by atoms with Crippen molar-refractivity contribution >= 4 is 27.5 Å². The van der Waals surface area contributed by atoms with Crippen LogP contribution in [0.5, 0.6) is 0 Å². The number of rotatable bonds is 7. The normalized spacial score (nSPS) is 11.4. The molecule has 0 bridgehead atoms. The van der Waals surface area contributed by atoms with Gasteiger partial charge >= 0.3 is 0 Å². The molecule has 0 saturated heterocycles. The van der Waals surface area contributed by atoms with Crippen molar-refractivity contribution < 1.29 is 13.2 Å². The van der Waals surface area contributed by atoms with E-state index < -0.39 is 10.0 Å². The number of aryl methyl sites for hydroxylation is 2. The maximum Gasteiger partial charge on any atom is 0.240 e. The molecule has 2 rings (SSSR count). The fourth-order valence-corrected chi connectivity index (χ4v) is 3.71. The van der Waals surface area contributed by atoms with E-state index in [1.165, 1.54) is 29.8 Å². The Hall–Kier alpha value is -1.89. The second kappa shape index (κ2) is 8.66. The third kappa shape index (κ3) is 5.56. The minimum Gasteiger partial charge on any atom is -0.341 e. The van der Waals surface area contributed by atoms with Crippen LogP contribution in [0.2, 0.25) is 5.02 Å². The summed E-state index contributed by atoms with van der Waals surface area (Å²) in [6, 6.07) is 12.0. The first-order valence-corrected chi connectivity index (χ1v) is 10.1. The van der Waals surface area contributed by atoms with E-state index in [1.807, 2.05) is 26.0 Å². The highest BCUT2D eigenvalue weighted by molar-refractivity contribution is 7.89. The van der Waals surface area contributed by atoms with Crippen LogP contribution in [0, 0.1) is 13.8 Å². The van der Waals surface area contributed by atoms with Crippen molar-refractivity contribution in [3.63, 3.8) is 0 Å². The summed E-state index contributed by atoms with van der Waals surface area (Å²) in [6.07, 6.45) is 0.0915. The summed E-state index contributed by atoms with van der Waals surface area (Å²) >= 11 is 5.76. The number of benzene rings is 2. The van der Waals surface area contributed by atoms with Gasteiger partial charge in [-0.25, -0.2) is 13.1 Å². The molecule has 0 spiro atoms.